The maximum absolute atomic E-state index is 13.3. The molecule has 1 aromatic carbocycles. The molecule has 7 heteroatoms. The number of likely N-dealkylation sites (N-methyl/N-ethyl adjacent to an activating group) is 1. The molecule has 0 saturated carbocycles. The molecule has 1 atom stereocenters. The number of guanidine groups is 1. The normalized spacial score (nSPS) is 17.4. The summed E-state index contributed by atoms with van der Waals surface area (Å²) in [6.07, 6.45) is 3.08. The third-order valence-corrected chi connectivity index (χ3v) is 5.06. The molecule has 0 amide bonds. The second-order valence-corrected chi connectivity index (χ2v) is 7.34. The van der Waals surface area contributed by atoms with E-state index in [0.717, 1.165) is 25.3 Å². The van der Waals surface area contributed by atoms with Crippen LogP contribution in [0, 0.1) is 5.82 Å². The summed E-state index contributed by atoms with van der Waals surface area (Å²) in [6, 6.07) is 6.27. The minimum Gasteiger partial charge on any atom is -0.489 e. The number of halogens is 1. The van der Waals surface area contributed by atoms with Crippen LogP contribution in [-0.4, -0.2) is 81.8 Å². The second-order valence-electron chi connectivity index (χ2n) is 7.34. The van der Waals surface area contributed by atoms with Crippen LogP contribution in [0.3, 0.4) is 0 Å². The van der Waals surface area contributed by atoms with Gasteiger partial charge in [-0.15, -0.1) is 0 Å². The Morgan fingerprint density at radius 3 is 2.68 bits per heavy atom. The van der Waals surface area contributed by atoms with Crippen LogP contribution in [-0.2, 0) is 0 Å². The molecule has 6 nitrogen and oxygen atoms in total. The van der Waals surface area contributed by atoms with Gasteiger partial charge in [-0.25, -0.2) is 4.39 Å². The molecule has 1 aliphatic rings. The minimum atomic E-state index is -0.283. The summed E-state index contributed by atoms with van der Waals surface area (Å²) >= 11 is 0. The van der Waals surface area contributed by atoms with Gasteiger partial charge >= 0.3 is 0 Å². The Labute approximate surface area is 169 Å². The summed E-state index contributed by atoms with van der Waals surface area (Å²) in [5, 5.41) is 6.67. The van der Waals surface area contributed by atoms with Crippen LogP contribution in [0.2, 0.25) is 0 Å². The summed E-state index contributed by atoms with van der Waals surface area (Å²) in [6.45, 7) is 9.44. The fraction of sp³-hybridized carbons (Fsp3) is 0.667. The predicted molar refractivity (Wildman–Crippen MR) is 114 cm³/mol. The first-order valence-corrected chi connectivity index (χ1v) is 10.4. The number of piperazine rings is 1. The molecule has 1 aliphatic heterocycles. The van der Waals surface area contributed by atoms with Gasteiger partial charge in [-0.2, -0.15) is 0 Å². The van der Waals surface area contributed by atoms with Gasteiger partial charge < -0.3 is 25.2 Å². The number of hydrogen-bond donors (Lipinski definition) is 2. The van der Waals surface area contributed by atoms with Crippen LogP contribution in [0.25, 0.3) is 0 Å². The SMILES string of the molecule is CCC(CNC(=NC)NCCCCN1CCN(C)CC1)Oc1cccc(F)c1. The highest BCUT2D eigenvalue weighted by Crippen LogP contribution is 2.14. The Bertz CT molecular complexity index is 590. The average molecular weight is 394 g/mol. The van der Waals surface area contributed by atoms with E-state index < -0.39 is 0 Å². The van der Waals surface area contributed by atoms with Crippen molar-refractivity contribution in [1.82, 2.24) is 20.4 Å². The lowest BCUT2D eigenvalue weighted by Crippen LogP contribution is -2.45. The molecular weight excluding hydrogens is 357 g/mol. The maximum atomic E-state index is 13.3. The van der Waals surface area contributed by atoms with Crippen molar-refractivity contribution < 1.29 is 9.13 Å². The van der Waals surface area contributed by atoms with Gasteiger partial charge in [0.05, 0.1) is 6.54 Å². The number of aliphatic imine (C=N–C) groups is 1. The molecule has 1 unspecified atom stereocenters. The van der Waals surface area contributed by atoms with E-state index in [1.807, 2.05) is 0 Å². The number of unbranched alkanes of at least 4 members (excludes halogenated alkanes) is 1. The molecule has 0 aliphatic carbocycles. The van der Waals surface area contributed by atoms with Crippen molar-refractivity contribution in [1.29, 1.82) is 0 Å². The fourth-order valence-corrected chi connectivity index (χ4v) is 3.17. The van der Waals surface area contributed by atoms with Crippen LogP contribution in [0.4, 0.5) is 4.39 Å². The molecule has 0 aromatic heterocycles. The van der Waals surface area contributed by atoms with Crippen molar-refractivity contribution in [3.8, 4) is 5.75 Å². The minimum absolute atomic E-state index is 0.0439. The second kappa shape index (κ2) is 12.6. The predicted octanol–water partition coefficient (Wildman–Crippen LogP) is 2.18. The van der Waals surface area contributed by atoms with Crippen LogP contribution in [0.1, 0.15) is 26.2 Å². The lowest BCUT2D eigenvalue weighted by molar-refractivity contribution is 0.152. The van der Waals surface area contributed by atoms with Crippen molar-refractivity contribution >= 4 is 5.96 Å². The number of nitrogens with zero attached hydrogens (tertiary/aromatic N) is 3. The number of nitrogens with one attached hydrogen (secondary N) is 2. The molecule has 0 spiro atoms. The monoisotopic (exact) mass is 393 g/mol. The molecule has 2 rings (SSSR count). The Morgan fingerprint density at radius 1 is 1.21 bits per heavy atom. The Hall–Kier alpha value is -1.86. The number of hydrogen-bond acceptors (Lipinski definition) is 4. The van der Waals surface area contributed by atoms with Gasteiger partial charge in [0.25, 0.3) is 0 Å². The third-order valence-electron chi connectivity index (χ3n) is 5.06. The average Bonchev–Trinajstić information content (AvgIpc) is 2.70. The Kier molecular flexibility index (Phi) is 10.1. The van der Waals surface area contributed by atoms with E-state index in [0.29, 0.717) is 12.3 Å². The highest BCUT2D eigenvalue weighted by Gasteiger charge is 2.13. The molecule has 1 aromatic rings. The summed E-state index contributed by atoms with van der Waals surface area (Å²) in [7, 11) is 3.96. The zero-order valence-corrected chi connectivity index (χ0v) is 17.6. The first-order chi connectivity index (χ1) is 13.6. The number of benzene rings is 1. The molecule has 0 bridgehead atoms. The first kappa shape index (κ1) is 22.4. The van der Waals surface area contributed by atoms with Crippen molar-refractivity contribution in [2.45, 2.75) is 32.3 Å². The summed E-state index contributed by atoms with van der Waals surface area (Å²) in [5.41, 5.74) is 0. The summed E-state index contributed by atoms with van der Waals surface area (Å²) < 4.78 is 19.2. The Morgan fingerprint density at radius 2 is 2.00 bits per heavy atom. The van der Waals surface area contributed by atoms with Gasteiger partial charge in [0, 0.05) is 45.8 Å². The maximum Gasteiger partial charge on any atom is 0.191 e. The standard InChI is InChI=1S/C21H36FN5O/c1-4-19(28-20-9-7-8-18(22)16-20)17-25-21(23-2)24-10-5-6-11-27-14-12-26(3)13-15-27/h7-9,16,19H,4-6,10-15,17H2,1-3H3,(H2,23,24,25). The smallest absolute Gasteiger partial charge is 0.191 e. The van der Waals surface area contributed by atoms with Gasteiger partial charge in [0.1, 0.15) is 17.7 Å². The van der Waals surface area contributed by atoms with E-state index in [4.69, 9.17) is 4.74 Å². The van der Waals surface area contributed by atoms with Gasteiger partial charge in [0.15, 0.2) is 5.96 Å². The largest absolute Gasteiger partial charge is 0.489 e. The Balaban J connectivity index is 1.60. The van der Waals surface area contributed by atoms with E-state index in [1.165, 1.54) is 51.3 Å². The molecular formula is C21H36FN5O. The van der Waals surface area contributed by atoms with Crippen molar-refractivity contribution in [2.24, 2.45) is 4.99 Å². The molecule has 1 fully saturated rings. The van der Waals surface area contributed by atoms with E-state index in [1.54, 1.807) is 19.2 Å². The van der Waals surface area contributed by atoms with Crippen LogP contribution in [0.5, 0.6) is 5.75 Å². The summed E-state index contributed by atoms with van der Waals surface area (Å²) in [5.74, 6) is 1.05. The van der Waals surface area contributed by atoms with Gasteiger partial charge in [-0.1, -0.05) is 13.0 Å². The molecule has 28 heavy (non-hydrogen) atoms. The number of rotatable bonds is 10. The topological polar surface area (TPSA) is 52.1 Å². The van der Waals surface area contributed by atoms with Gasteiger partial charge in [-0.05, 0) is 45.0 Å². The van der Waals surface area contributed by atoms with E-state index in [9.17, 15) is 4.39 Å². The highest BCUT2D eigenvalue weighted by molar-refractivity contribution is 5.79. The molecule has 1 saturated heterocycles. The number of ether oxygens (including phenoxy) is 1. The first-order valence-electron chi connectivity index (χ1n) is 10.4. The zero-order chi connectivity index (χ0) is 20.2. The quantitative estimate of drug-likeness (QED) is 0.363. The van der Waals surface area contributed by atoms with Crippen LogP contribution >= 0.6 is 0 Å². The lowest BCUT2D eigenvalue weighted by Gasteiger charge is -2.32. The van der Waals surface area contributed by atoms with E-state index >= 15 is 0 Å². The van der Waals surface area contributed by atoms with Gasteiger partial charge in [0.2, 0.25) is 0 Å². The molecule has 2 N–H and O–H groups in total. The third kappa shape index (κ3) is 8.44. The van der Waals surface area contributed by atoms with Crippen molar-refractivity contribution in [3.05, 3.63) is 30.1 Å². The molecule has 0 radical (unpaired) electrons. The molecule has 1 heterocycles. The van der Waals surface area contributed by atoms with E-state index in [-0.39, 0.29) is 11.9 Å². The zero-order valence-electron chi connectivity index (χ0n) is 17.6. The van der Waals surface area contributed by atoms with E-state index in [2.05, 4.69) is 39.4 Å². The van der Waals surface area contributed by atoms with Crippen molar-refractivity contribution in [3.63, 3.8) is 0 Å². The van der Waals surface area contributed by atoms with Crippen LogP contribution < -0.4 is 15.4 Å². The summed E-state index contributed by atoms with van der Waals surface area (Å²) in [4.78, 5) is 9.20. The van der Waals surface area contributed by atoms with Crippen LogP contribution in [0.15, 0.2) is 29.3 Å². The van der Waals surface area contributed by atoms with Gasteiger partial charge in [-0.3, -0.25) is 4.99 Å². The molecule has 158 valence electrons. The highest BCUT2D eigenvalue weighted by atomic mass is 19.1. The fourth-order valence-electron chi connectivity index (χ4n) is 3.17. The van der Waals surface area contributed by atoms with Crippen molar-refractivity contribution in [2.75, 3.05) is 59.9 Å². The lowest BCUT2D eigenvalue weighted by atomic mass is 10.2.